The molecule has 9 nitrogen and oxygen atoms in total. The van der Waals surface area contributed by atoms with E-state index in [0.717, 1.165) is 41.9 Å². The maximum absolute atomic E-state index is 14.0. The molecule has 216 valence electrons. The van der Waals surface area contributed by atoms with Gasteiger partial charge in [-0.3, -0.25) is 19.3 Å². The number of nitrogens with one attached hydrogen (secondary N) is 1. The Balaban J connectivity index is 1.12. The normalized spacial score (nSPS) is 21.3. The number of halogens is 3. The highest BCUT2D eigenvalue weighted by Gasteiger charge is 2.58. The van der Waals surface area contributed by atoms with Gasteiger partial charge in [0.15, 0.2) is 5.82 Å². The highest BCUT2D eigenvalue weighted by molar-refractivity contribution is 6.30. The van der Waals surface area contributed by atoms with Crippen molar-refractivity contribution in [1.82, 2.24) is 20.1 Å². The minimum Gasteiger partial charge on any atom is -0.497 e. The number of hydrogen-bond donors (Lipinski definition) is 1. The van der Waals surface area contributed by atoms with Crippen LogP contribution in [0.5, 0.6) is 5.75 Å². The number of benzene rings is 1. The van der Waals surface area contributed by atoms with Crippen LogP contribution in [0, 0.1) is 5.92 Å². The number of amides is 2. The number of carbonyl (C=O) groups excluding carboxylic acids is 2. The van der Waals surface area contributed by atoms with E-state index in [9.17, 15) is 18.4 Å². The SMILES string of the molecule is COc1ccc2c(c1)C1(CN(c3ccn(C)n3)C1)C(=O)N2C[C@H]1CC[C@H](NC(=O)c2cc(Cl)cnc2C(F)F)CC1. The van der Waals surface area contributed by atoms with Crippen LogP contribution in [0.2, 0.25) is 5.02 Å². The van der Waals surface area contributed by atoms with Gasteiger partial charge in [0.05, 0.1) is 17.7 Å². The summed E-state index contributed by atoms with van der Waals surface area (Å²) in [6.07, 6.45) is 3.09. The Morgan fingerprint density at radius 3 is 2.61 bits per heavy atom. The first-order valence-electron chi connectivity index (χ1n) is 13.7. The lowest BCUT2D eigenvalue weighted by Crippen LogP contribution is -2.64. The van der Waals surface area contributed by atoms with Crippen LogP contribution < -0.4 is 19.9 Å². The summed E-state index contributed by atoms with van der Waals surface area (Å²) < 4.78 is 34.0. The molecule has 0 radical (unpaired) electrons. The van der Waals surface area contributed by atoms with Crippen molar-refractivity contribution in [1.29, 1.82) is 0 Å². The van der Waals surface area contributed by atoms with E-state index in [1.165, 1.54) is 6.07 Å². The summed E-state index contributed by atoms with van der Waals surface area (Å²) >= 11 is 5.91. The number of hydrogen-bond acceptors (Lipinski definition) is 6. The van der Waals surface area contributed by atoms with Crippen LogP contribution in [-0.4, -0.2) is 59.4 Å². The third-order valence-corrected chi connectivity index (χ3v) is 8.78. The van der Waals surface area contributed by atoms with E-state index >= 15 is 0 Å². The summed E-state index contributed by atoms with van der Waals surface area (Å²) in [4.78, 5) is 34.5. The number of pyridine rings is 1. The van der Waals surface area contributed by atoms with Crippen LogP contribution in [0.4, 0.5) is 20.3 Å². The van der Waals surface area contributed by atoms with Crippen molar-refractivity contribution < 1.29 is 23.1 Å². The van der Waals surface area contributed by atoms with Gasteiger partial charge in [-0.25, -0.2) is 8.78 Å². The zero-order valence-corrected chi connectivity index (χ0v) is 23.6. The quantitative estimate of drug-likeness (QED) is 0.439. The minimum absolute atomic E-state index is 0.0938. The predicted octanol–water partition coefficient (Wildman–Crippen LogP) is 4.51. The lowest BCUT2D eigenvalue weighted by Gasteiger charge is -2.47. The van der Waals surface area contributed by atoms with Crippen LogP contribution in [0.25, 0.3) is 0 Å². The number of aryl methyl sites for hydroxylation is 1. The van der Waals surface area contributed by atoms with Crippen molar-refractivity contribution >= 4 is 34.9 Å². The second-order valence-corrected chi connectivity index (χ2v) is 11.6. The molecule has 2 fully saturated rings. The molecule has 3 aromatic rings. The van der Waals surface area contributed by atoms with Gasteiger partial charge in [-0.05, 0) is 61.4 Å². The molecule has 2 amide bonds. The maximum Gasteiger partial charge on any atom is 0.281 e. The monoisotopic (exact) mass is 584 g/mol. The average molecular weight is 585 g/mol. The molecule has 1 aromatic carbocycles. The van der Waals surface area contributed by atoms with E-state index in [-0.39, 0.29) is 28.5 Å². The van der Waals surface area contributed by atoms with Gasteiger partial charge in [0.1, 0.15) is 16.9 Å². The molecule has 1 saturated heterocycles. The standard InChI is InChI=1S/C29H31ClF2N6O3/c1-36-10-9-24(35-36)37-15-29(16-37)22-12-20(41-2)7-8-23(22)38(28(29)40)14-17-3-5-19(6-4-17)34-27(39)21-11-18(30)13-33-25(21)26(31)32/h7-13,17,19,26H,3-6,14-16H2,1-2H3,(H,34,39)/t17-,19-. The van der Waals surface area contributed by atoms with Crippen molar-refractivity contribution in [2.75, 3.05) is 36.5 Å². The van der Waals surface area contributed by atoms with Crippen molar-refractivity contribution in [2.24, 2.45) is 13.0 Å². The van der Waals surface area contributed by atoms with Gasteiger partial charge >= 0.3 is 0 Å². The molecule has 2 aliphatic heterocycles. The van der Waals surface area contributed by atoms with Crippen molar-refractivity contribution in [2.45, 2.75) is 43.6 Å². The van der Waals surface area contributed by atoms with Gasteiger partial charge in [0.2, 0.25) is 5.91 Å². The van der Waals surface area contributed by atoms with Crippen LogP contribution in [0.1, 0.15) is 53.7 Å². The van der Waals surface area contributed by atoms with Gasteiger partial charge in [0.25, 0.3) is 12.3 Å². The number of methoxy groups -OCH3 is 1. The van der Waals surface area contributed by atoms with Crippen LogP contribution in [0.3, 0.4) is 0 Å². The zero-order chi connectivity index (χ0) is 28.9. The minimum atomic E-state index is -2.88. The number of nitrogens with zero attached hydrogens (tertiary/aromatic N) is 5. The highest BCUT2D eigenvalue weighted by Crippen LogP contribution is 2.50. The molecule has 0 unspecified atom stereocenters. The molecular weight excluding hydrogens is 554 g/mol. The number of carbonyl (C=O) groups is 2. The Kier molecular flexibility index (Phi) is 7.09. The first-order chi connectivity index (χ1) is 19.7. The second kappa shape index (κ2) is 10.6. The third kappa shape index (κ3) is 4.90. The largest absolute Gasteiger partial charge is 0.497 e. The van der Waals surface area contributed by atoms with E-state index in [1.807, 2.05) is 42.4 Å². The molecule has 4 heterocycles. The van der Waals surface area contributed by atoms with Crippen molar-refractivity contribution in [3.05, 3.63) is 64.6 Å². The van der Waals surface area contributed by atoms with E-state index in [2.05, 4.69) is 20.3 Å². The van der Waals surface area contributed by atoms with Gasteiger partial charge in [-0.2, -0.15) is 5.10 Å². The lowest BCUT2D eigenvalue weighted by atomic mass is 9.74. The Morgan fingerprint density at radius 1 is 1.20 bits per heavy atom. The molecule has 12 heteroatoms. The van der Waals surface area contributed by atoms with Gasteiger partial charge < -0.3 is 19.9 Å². The second-order valence-electron chi connectivity index (χ2n) is 11.2. The molecule has 1 spiro atoms. The van der Waals surface area contributed by atoms with Gasteiger partial charge in [0, 0.05) is 56.9 Å². The van der Waals surface area contributed by atoms with Gasteiger partial charge in [-0.1, -0.05) is 11.6 Å². The van der Waals surface area contributed by atoms with Crippen LogP contribution >= 0.6 is 11.6 Å². The number of aromatic nitrogens is 3. The number of rotatable bonds is 7. The molecular formula is C29H31ClF2N6O3. The predicted molar refractivity (Wildman–Crippen MR) is 150 cm³/mol. The van der Waals surface area contributed by atoms with Crippen molar-refractivity contribution in [3.63, 3.8) is 0 Å². The molecule has 2 aromatic heterocycles. The number of anilines is 2. The highest BCUT2D eigenvalue weighted by atomic mass is 35.5. The molecule has 3 aliphatic rings. The van der Waals surface area contributed by atoms with E-state index < -0.39 is 23.4 Å². The van der Waals surface area contributed by atoms with Crippen molar-refractivity contribution in [3.8, 4) is 5.75 Å². The smallest absolute Gasteiger partial charge is 0.281 e. The van der Waals surface area contributed by atoms with Gasteiger partial charge in [-0.15, -0.1) is 0 Å². The molecule has 0 atom stereocenters. The third-order valence-electron chi connectivity index (χ3n) is 8.57. The summed E-state index contributed by atoms with van der Waals surface area (Å²) in [6.45, 7) is 1.69. The van der Waals surface area contributed by atoms with E-state index in [4.69, 9.17) is 16.3 Å². The number of ether oxygens (including phenoxy) is 1. The molecule has 1 N–H and O–H groups in total. The van der Waals surface area contributed by atoms with Crippen LogP contribution in [-0.2, 0) is 17.3 Å². The Labute approximate surface area is 241 Å². The van der Waals surface area contributed by atoms with E-state index in [0.29, 0.717) is 32.5 Å². The fourth-order valence-electron chi connectivity index (χ4n) is 6.39. The molecule has 1 saturated carbocycles. The summed E-state index contributed by atoms with van der Waals surface area (Å²) in [5.41, 5.74) is 0.490. The number of fused-ring (bicyclic) bond motifs is 2. The summed E-state index contributed by atoms with van der Waals surface area (Å²) in [5.74, 6) is 1.31. The lowest BCUT2D eigenvalue weighted by molar-refractivity contribution is -0.124. The molecule has 0 bridgehead atoms. The van der Waals surface area contributed by atoms with Crippen LogP contribution in [0.15, 0.2) is 42.7 Å². The first kappa shape index (κ1) is 27.4. The average Bonchev–Trinajstić information content (AvgIpc) is 3.46. The Morgan fingerprint density at radius 2 is 1.95 bits per heavy atom. The summed E-state index contributed by atoms with van der Waals surface area (Å²) in [6, 6.07) is 8.86. The topological polar surface area (TPSA) is 92.6 Å². The Bertz CT molecular complexity index is 1480. The summed E-state index contributed by atoms with van der Waals surface area (Å²) in [7, 11) is 3.50. The first-order valence-corrected chi connectivity index (χ1v) is 14.1. The summed E-state index contributed by atoms with van der Waals surface area (Å²) in [5, 5.41) is 7.51. The van der Waals surface area contributed by atoms with E-state index in [1.54, 1.807) is 11.8 Å². The fourth-order valence-corrected chi connectivity index (χ4v) is 6.54. The maximum atomic E-state index is 14.0. The molecule has 41 heavy (non-hydrogen) atoms. The zero-order valence-electron chi connectivity index (χ0n) is 22.8. The Hall–Kier alpha value is -3.73. The molecule has 1 aliphatic carbocycles. The number of alkyl halides is 2. The molecule has 6 rings (SSSR count). The fraction of sp³-hybridized carbons (Fsp3) is 0.448.